The molecule has 3 unspecified atom stereocenters. The summed E-state index contributed by atoms with van der Waals surface area (Å²) in [5.74, 6) is -1.36. The minimum Gasteiger partial charge on any atom is -0.496 e. The SMILES string of the molecule is COc1ccc(Cl)cc1C(O)C1CC=CCC1C(=O)O. The van der Waals surface area contributed by atoms with Crippen LogP contribution in [0.15, 0.2) is 30.4 Å². The lowest BCUT2D eigenvalue weighted by Gasteiger charge is -2.30. The average Bonchev–Trinajstić information content (AvgIpc) is 2.46. The molecule has 0 saturated carbocycles. The predicted octanol–water partition coefficient (Wildman–Crippen LogP) is 3.05. The maximum atomic E-state index is 11.3. The quantitative estimate of drug-likeness (QED) is 0.838. The smallest absolute Gasteiger partial charge is 0.307 e. The molecule has 0 fully saturated rings. The fourth-order valence-electron chi connectivity index (χ4n) is 2.64. The van der Waals surface area contributed by atoms with Gasteiger partial charge in [0.05, 0.1) is 19.1 Å². The number of aliphatic hydroxyl groups is 1. The van der Waals surface area contributed by atoms with E-state index in [1.165, 1.54) is 7.11 Å². The van der Waals surface area contributed by atoms with Gasteiger partial charge in [0.15, 0.2) is 0 Å². The van der Waals surface area contributed by atoms with E-state index in [1.54, 1.807) is 18.2 Å². The Morgan fingerprint density at radius 2 is 2.10 bits per heavy atom. The fourth-order valence-corrected chi connectivity index (χ4v) is 2.82. The first kappa shape index (κ1) is 14.9. The van der Waals surface area contributed by atoms with E-state index in [0.717, 1.165) is 0 Å². The molecule has 2 N–H and O–H groups in total. The molecule has 4 nitrogen and oxygen atoms in total. The lowest BCUT2D eigenvalue weighted by Crippen LogP contribution is -2.30. The number of aliphatic hydroxyl groups excluding tert-OH is 1. The molecule has 0 radical (unpaired) electrons. The van der Waals surface area contributed by atoms with Crippen molar-refractivity contribution < 1.29 is 19.7 Å². The van der Waals surface area contributed by atoms with Crippen LogP contribution in [0.2, 0.25) is 5.02 Å². The Hall–Kier alpha value is -1.52. The average molecular weight is 297 g/mol. The van der Waals surface area contributed by atoms with Gasteiger partial charge in [0.2, 0.25) is 0 Å². The van der Waals surface area contributed by atoms with Crippen molar-refractivity contribution in [2.45, 2.75) is 18.9 Å². The summed E-state index contributed by atoms with van der Waals surface area (Å²) in [7, 11) is 1.51. The van der Waals surface area contributed by atoms with Gasteiger partial charge in [-0.05, 0) is 31.0 Å². The highest BCUT2D eigenvalue weighted by molar-refractivity contribution is 6.30. The van der Waals surface area contributed by atoms with Gasteiger partial charge in [0, 0.05) is 16.5 Å². The summed E-state index contributed by atoms with van der Waals surface area (Å²) in [5, 5.41) is 20.3. The first-order valence-electron chi connectivity index (χ1n) is 6.44. The number of methoxy groups -OCH3 is 1. The van der Waals surface area contributed by atoms with Gasteiger partial charge in [-0.15, -0.1) is 0 Å². The topological polar surface area (TPSA) is 66.8 Å². The van der Waals surface area contributed by atoms with Crippen LogP contribution in [0, 0.1) is 11.8 Å². The molecule has 2 rings (SSSR count). The van der Waals surface area contributed by atoms with Crippen molar-refractivity contribution in [2.75, 3.05) is 7.11 Å². The van der Waals surface area contributed by atoms with E-state index in [9.17, 15) is 15.0 Å². The number of hydrogen-bond acceptors (Lipinski definition) is 3. The lowest BCUT2D eigenvalue weighted by molar-refractivity contribution is -0.145. The second-order valence-corrected chi connectivity index (χ2v) is 5.32. The number of aliphatic carboxylic acids is 1. The van der Waals surface area contributed by atoms with Crippen molar-refractivity contribution in [3.8, 4) is 5.75 Å². The largest absolute Gasteiger partial charge is 0.496 e. The highest BCUT2D eigenvalue weighted by Crippen LogP contribution is 2.40. The maximum Gasteiger partial charge on any atom is 0.307 e. The third-order valence-corrected chi connectivity index (χ3v) is 3.95. The molecule has 0 aliphatic heterocycles. The molecule has 0 saturated heterocycles. The Bertz CT molecular complexity index is 527. The van der Waals surface area contributed by atoms with Gasteiger partial charge in [-0.25, -0.2) is 0 Å². The van der Waals surface area contributed by atoms with E-state index in [4.69, 9.17) is 16.3 Å². The molecule has 108 valence electrons. The second-order valence-electron chi connectivity index (χ2n) is 4.88. The van der Waals surface area contributed by atoms with Crippen molar-refractivity contribution >= 4 is 17.6 Å². The monoisotopic (exact) mass is 296 g/mol. The molecular formula is C15H17ClO4. The molecular weight excluding hydrogens is 280 g/mol. The molecule has 3 atom stereocenters. The predicted molar refractivity (Wildman–Crippen MR) is 76.0 cm³/mol. The zero-order chi connectivity index (χ0) is 14.7. The van der Waals surface area contributed by atoms with Gasteiger partial charge >= 0.3 is 5.97 Å². The minimum atomic E-state index is -0.922. The normalized spacial score (nSPS) is 23.4. The maximum absolute atomic E-state index is 11.3. The van der Waals surface area contributed by atoms with Crippen LogP contribution in [0.3, 0.4) is 0 Å². The summed E-state index contributed by atoms with van der Waals surface area (Å²) in [6.07, 6.45) is 3.78. The van der Waals surface area contributed by atoms with E-state index in [2.05, 4.69) is 0 Å². The number of rotatable bonds is 4. The summed E-state index contributed by atoms with van der Waals surface area (Å²) >= 11 is 5.96. The summed E-state index contributed by atoms with van der Waals surface area (Å²) in [6.45, 7) is 0. The van der Waals surface area contributed by atoms with Crippen LogP contribution in [0.5, 0.6) is 5.75 Å². The zero-order valence-electron chi connectivity index (χ0n) is 11.1. The molecule has 1 aromatic rings. The fraction of sp³-hybridized carbons (Fsp3) is 0.400. The lowest BCUT2D eigenvalue weighted by atomic mass is 9.77. The molecule has 0 spiro atoms. The van der Waals surface area contributed by atoms with E-state index < -0.39 is 18.0 Å². The van der Waals surface area contributed by atoms with Crippen molar-refractivity contribution in [1.29, 1.82) is 0 Å². The van der Waals surface area contributed by atoms with E-state index in [1.807, 2.05) is 12.2 Å². The highest BCUT2D eigenvalue weighted by Gasteiger charge is 2.35. The Morgan fingerprint density at radius 3 is 2.75 bits per heavy atom. The number of benzene rings is 1. The second kappa shape index (κ2) is 6.29. The summed E-state index contributed by atoms with van der Waals surface area (Å²) < 4.78 is 5.22. The molecule has 1 aliphatic carbocycles. The van der Waals surface area contributed by atoms with Crippen LogP contribution >= 0.6 is 11.6 Å². The van der Waals surface area contributed by atoms with Crippen LogP contribution in [0.25, 0.3) is 0 Å². The van der Waals surface area contributed by atoms with Crippen molar-refractivity contribution in [2.24, 2.45) is 11.8 Å². The summed E-state index contributed by atoms with van der Waals surface area (Å²) in [6, 6.07) is 4.98. The molecule has 0 bridgehead atoms. The molecule has 1 aliphatic rings. The summed E-state index contributed by atoms with van der Waals surface area (Å²) in [4.78, 5) is 11.3. The Labute approximate surface area is 122 Å². The molecule has 0 amide bonds. The molecule has 0 heterocycles. The summed E-state index contributed by atoms with van der Waals surface area (Å²) in [5.41, 5.74) is 0.534. The van der Waals surface area contributed by atoms with Crippen LogP contribution in [0.1, 0.15) is 24.5 Å². The van der Waals surface area contributed by atoms with Crippen molar-refractivity contribution in [1.82, 2.24) is 0 Å². The minimum absolute atomic E-state index is 0.384. The zero-order valence-corrected chi connectivity index (χ0v) is 11.9. The number of carboxylic acid groups (broad SMARTS) is 1. The van der Waals surface area contributed by atoms with E-state index >= 15 is 0 Å². The van der Waals surface area contributed by atoms with Crippen LogP contribution in [-0.2, 0) is 4.79 Å². The number of hydrogen-bond donors (Lipinski definition) is 2. The molecule has 20 heavy (non-hydrogen) atoms. The number of carboxylic acids is 1. The first-order chi connectivity index (χ1) is 9.54. The number of ether oxygens (including phenoxy) is 1. The molecule has 1 aromatic carbocycles. The highest BCUT2D eigenvalue weighted by atomic mass is 35.5. The van der Waals surface area contributed by atoms with Crippen LogP contribution in [-0.4, -0.2) is 23.3 Å². The van der Waals surface area contributed by atoms with Gasteiger partial charge in [-0.2, -0.15) is 0 Å². The Balaban J connectivity index is 2.34. The first-order valence-corrected chi connectivity index (χ1v) is 6.81. The number of halogens is 1. The number of carbonyl (C=O) groups is 1. The third kappa shape index (κ3) is 2.97. The Kier molecular flexibility index (Phi) is 4.68. The van der Waals surface area contributed by atoms with Gasteiger partial charge in [-0.1, -0.05) is 23.8 Å². The van der Waals surface area contributed by atoms with Crippen molar-refractivity contribution in [3.63, 3.8) is 0 Å². The molecule has 5 heteroatoms. The van der Waals surface area contributed by atoms with Crippen LogP contribution < -0.4 is 4.74 Å². The van der Waals surface area contributed by atoms with E-state index in [0.29, 0.717) is 29.2 Å². The standard InChI is InChI=1S/C15H17ClO4/c1-20-13-7-6-9(16)8-12(13)14(17)10-4-2-3-5-11(10)15(18)19/h2-3,6-8,10-11,14,17H,4-5H2,1H3,(H,18,19). The third-order valence-electron chi connectivity index (χ3n) is 3.71. The van der Waals surface area contributed by atoms with Gasteiger partial charge < -0.3 is 14.9 Å². The molecule has 0 aromatic heterocycles. The Morgan fingerprint density at radius 1 is 1.40 bits per heavy atom. The van der Waals surface area contributed by atoms with E-state index in [-0.39, 0.29) is 5.92 Å². The van der Waals surface area contributed by atoms with Gasteiger partial charge in [0.25, 0.3) is 0 Å². The van der Waals surface area contributed by atoms with Crippen molar-refractivity contribution in [3.05, 3.63) is 40.9 Å². The van der Waals surface area contributed by atoms with Crippen LogP contribution in [0.4, 0.5) is 0 Å². The van der Waals surface area contributed by atoms with Gasteiger partial charge in [-0.3, -0.25) is 4.79 Å². The number of allylic oxidation sites excluding steroid dienone is 2. The van der Waals surface area contributed by atoms with Gasteiger partial charge in [0.1, 0.15) is 5.75 Å².